The Bertz CT molecular complexity index is 516. The minimum Gasteiger partial charge on any atom is -0.352 e. The van der Waals surface area contributed by atoms with Gasteiger partial charge >= 0.3 is 0 Å². The smallest absolute Gasteiger partial charge is 0.239 e. The zero-order valence-corrected chi connectivity index (χ0v) is 12.8. The number of rotatable bonds is 5. The first-order chi connectivity index (χ1) is 10.1. The Kier molecular flexibility index (Phi) is 5.31. The highest BCUT2D eigenvalue weighted by atomic mass is 16.2. The molecule has 2 heterocycles. The van der Waals surface area contributed by atoms with Crippen LogP contribution in [-0.4, -0.2) is 40.8 Å². The van der Waals surface area contributed by atoms with E-state index in [4.69, 9.17) is 0 Å². The van der Waals surface area contributed by atoms with Gasteiger partial charge in [0, 0.05) is 37.3 Å². The molecule has 1 aliphatic rings. The van der Waals surface area contributed by atoms with Crippen LogP contribution in [0, 0.1) is 6.92 Å². The molecule has 2 amide bonds. The van der Waals surface area contributed by atoms with E-state index < -0.39 is 0 Å². The van der Waals surface area contributed by atoms with E-state index in [0.717, 1.165) is 24.1 Å². The summed E-state index contributed by atoms with van der Waals surface area (Å²) in [7, 11) is 0. The molecular formula is C16H23N3O2. The van der Waals surface area contributed by atoms with Gasteiger partial charge in [-0.25, -0.2) is 0 Å². The van der Waals surface area contributed by atoms with Crippen molar-refractivity contribution < 1.29 is 9.59 Å². The lowest BCUT2D eigenvalue weighted by Crippen LogP contribution is -2.45. The molecule has 0 radical (unpaired) electrons. The molecule has 0 aromatic carbocycles. The molecule has 0 bridgehead atoms. The van der Waals surface area contributed by atoms with E-state index in [9.17, 15) is 9.59 Å². The number of nitrogens with one attached hydrogen (secondary N) is 1. The van der Waals surface area contributed by atoms with Crippen LogP contribution in [0.25, 0.3) is 0 Å². The summed E-state index contributed by atoms with van der Waals surface area (Å²) in [5.74, 6) is -0.00374. The fourth-order valence-electron chi connectivity index (χ4n) is 2.60. The van der Waals surface area contributed by atoms with E-state index in [1.165, 1.54) is 0 Å². The third-order valence-electron chi connectivity index (χ3n) is 3.78. The highest BCUT2D eigenvalue weighted by molar-refractivity contribution is 5.85. The van der Waals surface area contributed by atoms with Crippen molar-refractivity contribution in [2.45, 2.75) is 45.6 Å². The molecule has 0 spiro atoms. The normalized spacial score (nSPS) is 16.7. The lowest BCUT2D eigenvalue weighted by Gasteiger charge is -2.26. The number of pyridine rings is 1. The fourth-order valence-corrected chi connectivity index (χ4v) is 2.60. The summed E-state index contributed by atoms with van der Waals surface area (Å²) < 4.78 is 0. The van der Waals surface area contributed by atoms with Crippen molar-refractivity contribution in [1.29, 1.82) is 0 Å². The number of aromatic nitrogens is 1. The number of hydrogen-bond donors (Lipinski definition) is 1. The number of nitrogens with zero attached hydrogens (tertiary/aromatic N) is 2. The Morgan fingerprint density at radius 3 is 3.00 bits per heavy atom. The first-order valence-electron chi connectivity index (χ1n) is 7.54. The molecule has 1 N–H and O–H groups in total. The minimum absolute atomic E-state index is 0.00555. The third-order valence-corrected chi connectivity index (χ3v) is 3.78. The molecule has 1 saturated heterocycles. The van der Waals surface area contributed by atoms with Crippen molar-refractivity contribution in [3.63, 3.8) is 0 Å². The fraction of sp³-hybridized carbons (Fsp3) is 0.562. The quantitative estimate of drug-likeness (QED) is 0.892. The molecule has 0 unspecified atom stereocenters. The maximum Gasteiger partial charge on any atom is 0.239 e. The van der Waals surface area contributed by atoms with Gasteiger partial charge in [0.2, 0.25) is 11.8 Å². The lowest BCUT2D eigenvalue weighted by molar-refractivity contribution is -0.138. The van der Waals surface area contributed by atoms with E-state index in [-0.39, 0.29) is 24.4 Å². The highest BCUT2D eigenvalue weighted by Gasteiger charge is 2.21. The van der Waals surface area contributed by atoms with Crippen LogP contribution in [0.5, 0.6) is 0 Å². The molecule has 1 aliphatic heterocycles. The van der Waals surface area contributed by atoms with Gasteiger partial charge in [-0.1, -0.05) is 6.07 Å². The van der Waals surface area contributed by atoms with Crippen LogP contribution in [0.15, 0.2) is 18.3 Å². The molecule has 0 saturated carbocycles. The number of amides is 2. The van der Waals surface area contributed by atoms with E-state index in [0.29, 0.717) is 19.4 Å². The number of carbonyl (C=O) groups is 2. The van der Waals surface area contributed by atoms with Crippen molar-refractivity contribution in [2.24, 2.45) is 0 Å². The molecule has 1 atom stereocenters. The first-order valence-corrected chi connectivity index (χ1v) is 7.54. The van der Waals surface area contributed by atoms with Gasteiger partial charge in [0.05, 0.1) is 6.54 Å². The zero-order valence-electron chi connectivity index (χ0n) is 12.8. The summed E-state index contributed by atoms with van der Waals surface area (Å²) in [4.78, 5) is 29.7. The Morgan fingerprint density at radius 2 is 2.29 bits per heavy atom. The summed E-state index contributed by atoms with van der Waals surface area (Å²) >= 11 is 0. The summed E-state index contributed by atoms with van der Waals surface area (Å²) in [5.41, 5.74) is 2.13. The molecule has 1 aromatic rings. The van der Waals surface area contributed by atoms with Crippen LogP contribution in [0.3, 0.4) is 0 Å². The maximum absolute atomic E-state index is 12.0. The average molecular weight is 289 g/mol. The average Bonchev–Trinajstić information content (AvgIpc) is 2.44. The van der Waals surface area contributed by atoms with E-state index in [1.54, 1.807) is 11.1 Å². The monoisotopic (exact) mass is 289 g/mol. The molecule has 5 heteroatoms. The van der Waals surface area contributed by atoms with Gasteiger partial charge in [-0.15, -0.1) is 0 Å². The second-order valence-corrected chi connectivity index (χ2v) is 5.71. The molecule has 1 fully saturated rings. The largest absolute Gasteiger partial charge is 0.352 e. The van der Waals surface area contributed by atoms with Crippen LogP contribution in [0.4, 0.5) is 0 Å². The first kappa shape index (κ1) is 15.5. The number of likely N-dealkylation sites (tertiary alicyclic amines) is 1. The molecule has 2 rings (SSSR count). The highest BCUT2D eigenvalue weighted by Crippen LogP contribution is 2.10. The summed E-state index contributed by atoms with van der Waals surface area (Å²) in [6, 6.07) is 3.93. The predicted molar refractivity (Wildman–Crippen MR) is 80.7 cm³/mol. The van der Waals surface area contributed by atoms with Gasteiger partial charge in [-0.2, -0.15) is 0 Å². The SMILES string of the molecule is Cc1cccnc1C[C@@H](C)NC(=O)CN1CCCCC1=O. The molecule has 0 aliphatic carbocycles. The number of carbonyl (C=O) groups excluding carboxylic acids is 2. The van der Waals surface area contributed by atoms with Gasteiger partial charge < -0.3 is 10.2 Å². The number of aryl methyl sites for hydroxylation is 1. The Morgan fingerprint density at radius 1 is 1.48 bits per heavy atom. The molecule has 5 nitrogen and oxygen atoms in total. The van der Waals surface area contributed by atoms with E-state index in [2.05, 4.69) is 10.3 Å². The van der Waals surface area contributed by atoms with Gasteiger partial charge in [-0.05, 0) is 38.3 Å². The molecule has 21 heavy (non-hydrogen) atoms. The summed E-state index contributed by atoms with van der Waals surface area (Å²) in [6.45, 7) is 4.84. The second-order valence-electron chi connectivity index (χ2n) is 5.71. The third kappa shape index (κ3) is 4.55. The van der Waals surface area contributed by atoms with Gasteiger partial charge in [0.15, 0.2) is 0 Å². The maximum atomic E-state index is 12.0. The van der Waals surface area contributed by atoms with E-state index in [1.807, 2.05) is 26.0 Å². The minimum atomic E-state index is -0.0914. The van der Waals surface area contributed by atoms with Crippen LogP contribution < -0.4 is 5.32 Å². The van der Waals surface area contributed by atoms with Crippen molar-refractivity contribution in [2.75, 3.05) is 13.1 Å². The second kappa shape index (κ2) is 7.20. The van der Waals surface area contributed by atoms with Gasteiger partial charge in [-0.3, -0.25) is 14.6 Å². The molecular weight excluding hydrogens is 266 g/mol. The summed E-state index contributed by atoms with van der Waals surface area (Å²) in [5, 5.41) is 2.95. The Hall–Kier alpha value is -1.91. The van der Waals surface area contributed by atoms with Gasteiger partial charge in [0.1, 0.15) is 0 Å². The van der Waals surface area contributed by atoms with Crippen LogP contribution in [0.2, 0.25) is 0 Å². The van der Waals surface area contributed by atoms with Gasteiger partial charge in [0.25, 0.3) is 0 Å². The zero-order chi connectivity index (χ0) is 15.2. The van der Waals surface area contributed by atoms with Crippen molar-refractivity contribution in [1.82, 2.24) is 15.2 Å². The van der Waals surface area contributed by atoms with E-state index >= 15 is 0 Å². The molecule has 114 valence electrons. The predicted octanol–water partition coefficient (Wildman–Crippen LogP) is 1.45. The summed E-state index contributed by atoms with van der Waals surface area (Å²) in [6.07, 6.45) is 4.96. The van der Waals surface area contributed by atoms with Crippen molar-refractivity contribution in [3.05, 3.63) is 29.6 Å². The number of hydrogen-bond acceptors (Lipinski definition) is 3. The van der Waals surface area contributed by atoms with Crippen LogP contribution in [0.1, 0.15) is 37.4 Å². The Balaban J connectivity index is 1.82. The topological polar surface area (TPSA) is 62.3 Å². The van der Waals surface area contributed by atoms with Crippen LogP contribution in [-0.2, 0) is 16.0 Å². The van der Waals surface area contributed by atoms with Crippen molar-refractivity contribution in [3.8, 4) is 0 Å². The number of piperidine rings is 1. The van der Waals surface area contributed by atoms with Crippen LogP contribution >= 0.6 is 0 Å². The molecule has 1 aromatic heterocycles. The van der Waals surface area contributed by atoms with Crippen molar-refractivity contribution >= 4 is 11.8 Å². The lowest BCUT2D eigenvalue weighted by atomic mass is 10.1. The Labute approximate surface area is 125 Å². The standard InChI is InChI=1S/C16H23N3O2/c1-12-6-5-8-17-14(12)10-13(2)18-15(20)11-19-9-4-3-7-16(19)21/h5-6,8,13H,3-4,7,9-11H2,1-2H3,(H,18,20)/t13-/m1/s1.